The lowest BCUT2D eigenvalue weighted by Gasteiger charge is -2.20. The number of unbranched alkanes of at least 4 members (excludes halogenated alkanes) is 1. The number of ether oxygens (including phenoxy) is 3. The number of hydrogen-bond donors (Lipinski definition) is 3. The molecule has 0 aliphatic carbocycles. The summed E-state index contributed by atoms with van der Waals surface area (Å²) in [4.78, 5) is 37.5. The van der Waals surface area contributed by atoms with Crippen LogP contribution >= 0.6 is 38.5 Å². The number of alkyl carbamates (subject to hydrolysis) is 1. The van der Waals surface area contributed by atoms with Gasteiger partial charge in [0.05, 0.1) is 24.2 Å². The summed E-state index contributed by atoms with van der Waals surface area (Å²) in [7, 11) is 0. The molecule has 0 aromatic heterocycles. The van der Waals surface area contributed by atoms with Crippen molar-refractivity contribution in [1.82, 2.24) is 16.0 Å². The first-order valence-corrected chi connectivity index (χ1v) is 14.8. The third-order valence-corrected chi connectivity index (χ3v) is 6.32. The second-order valence-electron chi connectivity index (χ2n) is 7.96. The summed E-state index contributed by atoms with van der Waals surface area (Å²) in [6.07, 6.45) is 2.30. The minimum atomic E-state index is -0.584. The fourth-order valence-electron chi connectivity index (χ4n) is 3.00. The van der Waals surface area contributed by atoms with Crippen LogP contribution < -0.4 is 16.0 Å². The van der Waals surface area contributed by atoms with E-state index in [-0.39, 0.29) is 18.4 Å². The van der Waals surface area contributed by atoms with E-state index in [1.807, 2.05) is 46.9 Å². The van der Waals surface area contributed by atoms with Crippen molar-refractivity contribution >= 4 is 56.4 Å². The van der Waals surface area contributed by atoms with Crippen molar-refractivity contribution in [3.63, 3.8) is 0 Å². The molecule has 1 rings (SSSR count). The lowest BCUT2D eigenvalue weighted by molar-refractivity contribution is -0.148. The van der Waals surface area contributed by atoms with Gasteiger partial charge in [0.1, 0.15) is 0 Å². The number of carbonyl (C=O) groups is 3. The summed E-state index contributed by atoms with van der Waals surface area (Å²) in [5.41, 5.74) is 9.05. The van der Waals surface area contributed by atoms with Crippen molar-refractivity contribution in [3.05, 3.63) is 44.7 Å². The predicted octanol–water partition coefficient (Wildman–Crippen LogP) is 4.53. The van der Waals surface area contributed by atoms with Crippen LogP contribution in [0.1, 0.15) is 50.4 Å². The number of nitrogens with one attached hydrogen (secondary N) is 3. The van der Waals surface area contributed by atoms with Crippen LogP contribution in [0.5, 0.6) is 0 Å². The Kier molecular flexibility index (Phi) is 20.4. The van der Waals surface area contributed by atoms with E-state index in [0.717, 1.165) is 10.0 Å². The summed E-state index contributed by atoms with van der Waals surface area (Å²) in [6.45, 7) is 2.66. The quantitative estimate of drug-likeness (QED) is 0.0323. The zero-order chi connectivity index (χ0) is 27.8. The van der Waals surface area contributed by atoms with Crippen molar-refractivity contribution < 1.29 is 28.6 Å². The smallest absolute Gasteiger partial charge is 0.407 e. The third kappa shape index (κ3) is 17.4. The number of benzene rings is 1. The maximum Gasteiger partial charge on any atom is 0.407 e. The standard InChI is InChI=1S/C24H36BrIN6O6/c25-20-9-2-1-8-19(20)23(36-15-5-12-29-22(34)18-26)37-16-7-13-30-24(35)38-17-6-11-28-21(33)10-3-4-14-31-32-27/h1-2,8-9,23H,3-7,10-18H2,(H,28,33)(H,29,34)(H,30,35). The number of alkyl halides is 1. The molecule has 0 aliphatic heterocycles. The molecular formula is C24H36BrIN6O6. The minimum Gasteiger partial charge on any atom is -0.449 e. The Morgan fingerprint density at radius 1 is 0.921 bits per heavy atom. The van der Waals surface area contributed by atoms with Crippen molar-refractivity contribution in [3.8, 4) is 0 Å². The molecule has 38 heavy (non-hydrogen) atoms. The zero-order valence-corrected chi connectivity index (χ0v) is 25.1. The van der Waals surface area contributed by atoms with Gasteiger partial charge in [0.25, 0.3) is 0 Å². The molecule has 1 unspecified atom stereocenters. The Balaban J connectivity index is 2.19. The number of halogens is 2. The molecular weight excluding hydrogens is 675 g/mol. The highest BCUT2D eigenvalue weighted by Gasteiger charge is 2.15. The van der Waals surface area contributed by atoms with Crippen LogP contribution in [0.25, 0.3) is 10.4 Å². The number of carbonyl (C=O) groups excluding carboxylic acids is 3. The molecule has 0 saturated heterocycles. The molecule has 0 spiro atoms. The molecule has 1 aromatic carbocycles. The first-order valence-electron chi connectivity index (χ1n) is 12.5. The van der Waals surface area contributed by atoms with Gasteiger partial charge in [-0.1, -0.05) is 61.8 Å². The highest BCUT2D eigenvalue weighted by molar-refractivity contribution is 14.1. The van der Waals surface area contributed by atoms with Crippen LogP contribution in [0.2, 0.25) is 0 Å². The Hall–Kier alpha value is -2.13. The van der Waals surface area contributed by atoms with Gasteiger partial charge < -0.3 is 30.2 Å². The number of azide groups is 1. The Morgan fingerprint density at radius 2 is 1.55 bits per heavy atom. The third-order valence-electron chi connectivity index (χ3n) is 4.90. The van der Waals surface area contributed by atoms with Crippen LogP contribution in [-0.2, 0) is 23.8 Å². The Bertz CT molecular complexity index is 890. The predicted molar refractivity (Wildman–Crippen MR) is 155 cm³/mol. The van der Waals surface area contributed by atoms with Crippen molar-refractivity contribution in [2.24, 2.45) is 5.11 Å². The van der Waals surface area contributed by atoms with Gasteiger partial charge in [0, 0.05) is 47.5 Å². The van der Waals surface area contributed by atoms with Gasteiger partial charge in [0.15, 0.2) is 6.29 Å². The van der Waals surface area contributed by atoms with Crippen LogP contribution in [0, 0.1) is 0 Å². The van der Waals surface area contributed by atoms with E-state index in [1.54, 1.807) is 0 Å². The molecule has 0 saturated carbocycles. The highest BCUT2D eigenvalue weighted by Crippen LogP contribution is 2.27. The Morgan fingerprint density at radius 3 is 2.21 bits per heavy atom. The molecule has 1 aromatic rings. The van der Waals surface area contributed by atoms with E-state index in [4.69, 9.17) is 19.7 Å². The van der Waals surface area contributed by atoms with E-state index < -0.39 is 12.4 Å². The van der Waals surface area contributed by atoms with Crippen LogP contribution in [0.3, 0.4) is 0 Å². The second-order valence-corrected chi connectivity index (χ2v) is 9.58. The lowest BCUT2D eigenvalue weighted by Crippen LogP contribution is -2.28. The fraction of sp³-hybridized carbons (Fsp3) is 0.625. The molecule has 14 heteroatoms. The molecule has 12 nitrogen and oxygen atoms in total. The van der Waals surface area contributed by atoms with Gasteiger partial charge >= 0.3 is 6.09 Å². The molecule has 0 aliphatic rings. The van der Waals surface area contributed by atoms with Gasteiger partial charge in [-0.25, -0.2) is 4.79 Å². The van der Waals surface area contributed by atoms with Crippen LogP contribution in [-0.4, -0.2) is 68.3 Å². The first kappa shape index (κ1) is 33.9. The van der Waals surface area contributed by atoms with Gasteiger partial charge in [0.2, 0.25) is 11.8 Å². The highest BCUT2D eigenvalue weighted by atomic mass is 127. The van der Waals surface area contributed by atoms with Crippen molar-refractivity contribution in [2.45, 2.75) is 44.8 Å². The molecule has 212 valence electrons. The SMILES string of the molecule is [N-]=[N+]=NCCCCC(=O)NCCCOC(=O)NCCCOC(OCCCNC(=O)CI)c1ccccc1Br. The zero-order valence-electron chi connectivity index (χ0n) is 21.3. The topological polar surface area (TPSA) is 164 Å². The molecule has 0 radical (unpaired) electrons. The summed E-state index contributed by atoms with van der Waals surface area (Å²) in [5, 5.41) is 11.7. The molecule has 0 bridgehead atoms. The van der Waals surface area contributed by atoms with Crippen LogP contribution in [0.15, 0.2) is 33.9 Å². The molecule has 0 fully saturated rings. The van der Waals surface area contributed by atoms with E-state index in [9.17, 15) is 14.4 Å². The van der Waals surface area contributed by atoms with E-state index in [0.29, 0.717) is 82.3 Å². The summed E-state index contributed by atoms with van der Waals surface area (Å²) in [6, 6.07) is 7.63. The molecule has 3 amide bonds. The van der Waals surface area contributed by atoms with Crippen molar-refractivity contribution in [2.75, 3.05) is 50.4 Å². The lowest BCUT2D eigenvalue weighted by atomic mass is 10.2. The average Bonchev–Trinajstić information content (AvgIpc) is 2.91. The first-order chi connectivity index (χ1) is 18.5. The van der Waals surface area contributed by atoms with Crippen LogP contribution in [0.4, 0.5) is 4.79 Å². The van der Waals surface area contributed by atoms with Gasteiger partial charge in [-0.2, -0.15) is 0 Å². The normalized spacial score (nSPS) is 11.2. The molecule has 0 heterocycles. The summed E-state index contributed by atoms with van der Waals surface area (Å²) >= 11 is 5.54. The summed E-state index contributed by atoms with van der Waals surface area (Å²) < 4.78 is 18.2. The van der Waals surface area contributed by atoms with E-state index >= 15 is 0 Å². The van der Waals surface area contributed by atoms with Crippen molar-refractivity contribution in [1.29, 1.82) is 0 Å². The fourth-order valence-corrected chi connectivity index (χ4v) is 3.74. The monoisotopic (exact) mass is 710 g/mol. The number of amides is 3. The van der Waals surface area contributed by atoms with E-state index in [2.05, 4.69) is 41.9 Å². The second kappa shape index (κ2) is 22.8. The van der Waals surface area contributed by atoms with Gasteiger partial charge in [-0.3, -0.25) is 9.59 Å². The maximum absolute atomic E-state index is 11.8. The van der Waals surface area contributed by atoms with Gasteiger partial charge in [-0.15, -0.1) is 0 Å². The molecule has 3 N–H and O–H groups in total. The van der Waals surface area contributed by atoms with E-state index in [1.165, 1.54) is 0 Å². The number of rotatable bonds is 21. The minimum absolute atomic E-state index is 0.00583. The maximum atomic E-state index is 11.8. The largest absolute Gasteiger partial charge is 0.449 e. The summed E-state index contributed by atoms with van der Waals surface area (Å²) in [5.74, 6) is -0.0862. The number of hydrogen-bond acceptors (Lipinski definition) is 7. The average molecular weight is 711 g/mol. The molecule has 1 atom stereocenters. The Labute approximate surface area is 245 Å². The van der Waals surface area contributed by atoms with Gasteiger partial charge in [-0.05, 0) is 43.7 Å². The number of nitrogens with zero attached hydrogens (tertiary/aromatic N) is 3.